The van der Waals surface area contributed by atoms with Gasteiger partial charge in [-0.15, -0.1) is 0 Å². The second-order valence-electron chi connectivity index (χ2n) is 7.86. The molecule has 0 unspecified atom stereocenters. The first-order valence-corrected chi connectivity index (χ1v) is 10.6. The number of hydrogen-bond acceptors (Lipinski definition) is 1. The highest BCUT2D eigenvalue weighted by molar-refractivity contribution is 14.1. The molecule has 0 saturated carbocycles. The van der Waals surface area contributed by atoms with E-state index < -0.39 is 0 Å². The van der Waals surface area contributed by atoms with Crippen LogP contribution in [0.2, 0.25) is 0 Å². The van der Waals surface area contributed by atoms with E-state index in [2.05, 4.69) is 88.6 Å². The second-order valence-corrected chi connectivity index (χ2v) is 9.11. The van der Waals surface area contributed by atoms with Crippen molar-refractivity contribution < 1.29 is 0 Å². The number of rotatable bonds is 1. The van der Waals surface area contributed by atoms with Crippen LogP contribution in [0.1, 0.15) is 40.6 Å². The molecule has 2 aliphatic carbocycles. The molecule has 0 radical (unpaired) electrons. The van der Waals surface area contributed by atoms with Crippen LogP contribution in [-0.2, 0) is 12.8 Å². The van der Waals surface area contributed by atoms with Crippen molar-refractivity contribution >= 4 is 39.1 Å². The van der Waals surface area contributed by atoms with Gasteiger partial charge in [-0.25, -0.2) is 0 Å². The molecule has 128 valence electrons. The van der Waals surface area contributed by atoms with E-state index in [4.69, 9.17) is 0 Å². The first kappa shape index (κ1) is 15.3. The number of aryl methyl sites for hydroxylation is 2. The highest BCUT2D eigenvalue weighted by atomic mass is 127. The maximum absolute atomic E-state index is 3.92. The summed E-state index contributed by atoms with van der Waals surface area (Å²) >= 11 is 2.43. The molecule has 0 bridgehead atoms. The molecule has 0 spiro atoms. The Hall–Kier alpha value is -1.81. The van der Waals surface area contributed by atoms with Gasteiger partial charge in [-0.3, -0.25) is 0 Å². The third kappa shape index (κ3) is 2.08. The molecule has 1 nitrogen and oxygen atoms in total. The molecule has 0 fully saturated rings. The van der Waals surface area contributed by atoms with Crippen molar-refractivity contribution in [2.45, 2.75) is 31.2 Å². The summed E-state index contributed by atoms with van der Waals surface area (Å²) in [6, 6.07) is 18.9. The highest BCUT2D eigenvalue weighted by Gasteiger charge is 2.38. The predicted octanol–water partition coefficient (Wildman–Crippen LogP) is 6.37. The zero-order chi connectivity index (χ0) is 17.3. The van der Waals surface area contributed by atoms with Crippen LogP contribution >= 0.6 is 22.6 Å². The molecular weight excluding hydrogens is 429 g/mol. The lowest BCUT2D eigenvalue weighted by atomic mass is 9.76. The molecule has 1 heterocycles. The summed E-state index contributed by atoms with van der Waals surface area (Å²) < 4.78 is 1.32. The first-order valence-electron chi connectivity index (χ1n) is 9.55. The zero-order valence-electron chi connectivity index (χ0n) is 14.5. The van der Waals surface area contributed by atoms with Gasteiger partial charge in [0.05, 0.1) is 6.04 Å². The molecule has 3 atom stereocenters. The van der Waals surface area contributed by atoms with Crippen LogP contribution in [0.4, 0.5) is 5.69 Å². The van der Waals surface area contributed by atoms with Crippen molar-refractivity contribution in [2.75, 3.05) is 5.32 Å². The van der Waals surface area contributed by atoms with Crippen LogP contribution in [0.5, 0.6) is 0 Å². The summed E-state index contributed by atoms with van der Waals surface area (Å²) in [4.78, 5) is 0. The summed E-state index contributed by atoms with van der Waals surface area (Å²) in [5.41, 5.74) is 7.33. The molecule has 3 aromatic carbocycles. The number of halogens is 1. The fourth-order valence-electron chi connectivity index (χ4n) is 5.41. The smallest absolute Gasteiger partial charge is 0.0560 e. The second kappa shape index (κ2) is 5.59. The zero-order valence-corrected chi connectivity index (χ0v) is 16.7. The van der Waals surface area contributed by atoms with Gasteiger partial charge in [0.25, 0.3) is 0 Å². The largest absolute Gasteiger partial charge is 0.378 e. The lowest BCUT2D eigenvalue weighted by molar-refractivity contribution is 0.427. The Balaban J connectivity index is 1.55. The summed E-state index contributed by atoms with van der Waals surface area (Å²) in [6.07, 6.45) is 8.38. The van der Waals surface area contributed by atoms with E-state index in [1.54, 1.807) is 0 Å². The van der Waals surface area contributed by atoms with Crippen molar-refractivity contribution in [3.8, 4) is 0 Å². The Morgan fingerprint density at radius 1 is 0.923 bits per heavy atom. The maximum Gasteiger partial charge on any atom is 0.0560 e. The molecule has 1 aliphatic heterocycles. The SMILES string of the molecule is Ic1ccc2c(c1)[C@@H]1C=CC[C@@H]1[C@H](c1ccc3c4c(cccc14)CC3)N2. The van der Waals surface area contributed by atoms with Crippen molar-refractivity contribution in [3.63, 3.8) is 0 Å². The lowest BCUT2D eigenvalue weighted by Crippen LogP contribution is -2.29. The molecule has 3 aliphatic rings. The first-order chi connectivity index (χ1) is 12.8. The van der Waals surface area contributed by atoms with E-state index in [9.17, 15) is 0 Å². The number of nitrogens with one attached hydrogen (secondary N) is 1. The fourth-order valence-corrected chi connectivity index (χ4v) is 5.93. The van der Waals surface area contributed by atoms with E-state index in [0.717, 1.165) is 6.42 Å². The van der Waals surface area contributed by atoms with Crippen LogP contribution in [0, 0.1) is 9.49 Å². The fraction of sp³-hybridized carbons (Fsp3) is 0.250. The molecule has 3 aromatic rings. The average Bonchev–Trinajstić information content (AvgIpc) is 3.31. The van der Waals surface area contributed by atoms with E-state index in [-0.39, 0.29) is 0 Å². The average molecular weight is 449 g/mol. The van der Waals surface area contributed by atoms with Gasteiger partial charge in [-0.05, 0) is 99.0 Å². The maximum atomic E-state index is 3.92. The minimum atomic E-state index is 0.382. The van der Waals surface area contributed by atoms with Crippen molar-refractivity contribution in [1.29, 1.82) is 0 Å². The normalized spacial score (nSPS) is 25.2. The van der Waals surface area contributed by atoms with Gasteiger partial charge in [-0.2, -0.15) is 0 Å². The van der Waals surface area contributed by atoms with Gasteiger partial charge in [0.15, 0.2) is 0 Å². The van der Waals surface area contributed by atoms with Gasteiger partial charge in [0.1, 0.15) is 0 Å². The van der Waals surface area contributed by atoms with E-state index in [1.807, 2.05) is 0 Å². The summed E-state index contributed by atoms with van der Waals surface area (Å²) in [7, 11) is 0. The Kier molecular flexibility index (Phi) is 3.28. The highest BCUT2D eigenvalue weighted by Crippen LogP contribution is 2.51. The quantitative estimate of drug-likeness (QED) is 0.336. The van der Waals surface area contributed by atoms with E-state index in [0.29, 0.717) is 17.9 Å². The van der Waals surface area contributed by atoms with Gasteiger partial charge < -0.3 is 5.32 Å². The van der Waals surface area contributed by atoms with Crippen molar-refractivity contribution in [1.82, 2.24) is 0 Å². The Morgan fingerprint density at radius 3 is 2.73 bits per heavy atom. The monoisotopic (exact) mass is 449 g/mol. The Morgan fingerprint density at radius 2 is 1.81 bits per heavy atom. The number of fused-ring (bicyclic) bond motifs is 3. The van der Waals surface area contributed by atoms with Gasteiger partial charge >= 0.3 is 0 Å². The van der Waals surface area contributed by atoms with Crippen LogP contribution in [0.3, 0.4) is 0 Å². The van der Waals surface area contributed by atoms with Crippen LogP contribution < -0.4 is 5.32 Å². The molecule has 6 rings (SSSR count). The Bertz CT molecular complexity index is 1070. The number of allylic oxidation sites excluding steroid dienone is 2. The third-order valence-electron chi connectivity index (χ3n) is 6.57. The summed E-state index contributed by atoms with van der Waals surface area (Å²) in [5, 5.41) is 6.92. The lowest BCUT2D eigenvalue weighted by Gasteiger charge is -2.38. The predicted molar refractivity (Wildman–Crippen MR) is 117 cm³/mol. The summed E-state index contributed by atoms with van der Waals surface area (Å²) in [6.45, 7) is 0. The number of benzene rings is 3. The molecule has 26 heavy (non-hydrogen) atoms. The van der Waals surface area contributed by atoms with Crippen molar-refractivity contribution in [3.05, 3.63) is 86.5 Å². The Labute approximate surface area is 167 Å². The molecule has 0 saturated heterocycles. The van der Waals surface area contributed by atoms with Crippen molar-refractivity contribution in [2.24, 2.45) is 5.92 Å². The third-order valence-corrected chi connectivity index (χ3v) is 7.24. The molecule has 1 N–H and O–H groups in total. The minimum Gasteiger partial charge on any atom is -0.378 e. The van der Waals surface area contributed by atoms with Crippen LogP contribution in [0.15, 0.2) is 60.7 Å². The topological polar surface area (TPSA) is 12.0 Å². The molecular formula is C24H20IN. The van der Waals surface area contributed by atoms with Gasteiger partial charge in [0.2, 0.25) is 0 Å². The molecule has 0 amide bonds. The summed E-state index contributed by atoms with van der Waals surface area (Å²) in [5.74, 6) is 1.15. The van der Waals surface area contributed by atoms with Crippen LogP contribution in [0.25, 0.3) is 10.8 Å². The van der Waals surface area contributed by atoms with Gasteiger partial charge in [-0.1, -0.05) is 42.5 Å². The van der Waals surface area contributed by atoms with E-state index in [1.165, 1.54) is 55.1 Å². The van der Waals surface area contributed by atoms with E-state index >= 15 is 0 Å². The van der Waals surface area contributed by atoms with Crippen LogP contribution in [-0.4, -0.2) is 0 Å². The minimum absolute atomic E-state index is 0.382. The van der Waals surface area contributed by atoms with Gasteiger partial charge in [0, 0.05) is 15.2 Å². The molecule has 2 heteroatoms. The standard InChI is InChI=1S/C24H20IN/c25-16-10-12-22-21(13-16)17-4-2-6-19(17)24(26-22)20-11-9-15-8-7-14-3-1-5-18(20)23(14)15/h1-5,9-13,17,19,24,26H,6-8H2/t17-,19+,24-/m1/s1. The number of anilines is 1. The molecule has 0 aromatic heterocycles. The number of hydrogen-bond donors (Lipinski definition) is 1.